The van der Waals surface area contributed by atoms with E-state index < -0.39 is 5.97 Å². The molecule has 0 radical (unpaired) electrons. The van der Waals surface area contributed by atoms with Crippen LogP contribution < -0.4 is 10.2 Å². The highest BCUT2D eigenvalue weighted by atomic mass is 19.1. The number of benzene rings is 1. The summed E-state index contributed by atoms with van der Waals surface area (Å²) in [6, 6.07) is 10.3. The number of halogens is 1. The lowest BCUT2D eigenvalue weighted by Gasteiger charge is -2.32. The summed E-state index contributed by atoms with van der Waals surface area (Å²) >= 11 is 0. The predicted octanol–water partition coefficient (Wildman–Crippen LogP) is 2.49. The van der Waals surface area contributed by atoms with Gasteiger partial charge >= 0.3 is 5.97 Å². The van der Waals surface area contributed by atoms with E-state index in [-0.39, 0.29) is 36.3 Å². The number of fused-ring (bicyclic) bond motifs is 1. The number of aromatic nitrogens is 3. The number of hydrogen-bond donors (Lipinski definition) is 1. The highest BCUT2D eigenvalue weighted by molar-refractivity contribution is 5.93. The second kappa shape index (κ2) is 10.5. The third-order valence-electron chi connectivity index (χ3n) is 6.94. The smallest absolute Gasteiger partial charge is 0.303 e. The molecule has 4 heterocycles. The van der Waals surface area contributed by atoms with Gasteiger partial charge in [0.15, 0.2) is 17.9 Å². The number of esters is 1. The number of nitrogens with zero attached hydrogens (tertiary/aromatic N) is 5. The number of amides is 2. The number of hydrogen-bond acceptors (Lipinski definition) is 7. The number of carbonyl (C=O) groups excluding carboxylic acids is 3. The highest BCUT2D eigenvalue weighted by Gasteiger charge is 2.29. The third-order valence-corrected chi connectivity index (χ3v) is 6.94. The zero-order valence-corrected chi connectivity index (χ0v) is 20.6. The SMILES string of the molecule is CC(=O)OCC(=O)N1CCC(NC(=O)c2cnc3ccc(N4CCC[C@@H]4c4cccc(F)c4)nn23)CC1. The van der Waals surface area contributed by atoms with Crippen LogP contribution in [-0.2, 0) is 14.3 Å². The molecule has 2 aliphatic heterocycles. The Kier molecular flexibility index (Phi) is 7.02. The van der Waals surface area contributed by atoms with Crippen LogP contribution in [0.15, 0.2) is 42.6 Å². The molecule has 2 fully saturated rings. The lowest BCUT2D eigenvalue weighted by atomic mass is 10.0. The molecule has 37 heavy (non-hydrogen) atoms. The van der Waals surface area contributed by atoms with Crippen LogP contribution in [0, 0.1) is 5.82 Å². The van der Waals surface area contributed by atoms with Crippen molar-refractivity contribution in [2.45, 2.75) is 44.7 Å². The summed E-state index contributed by atoms with van der Waals surface area (Å²) in [5.41, 5.74) is 1.79. The molecule has 2 aliphatic rings. The molecule has 0 unspecified atom stereocenters. The van der Waals surface area contributed by atoms with E-state index in [9.17, 15) is 18.8 Å². The topological polar surface area (TPSA) is 109 Å². The van der Waals surface area contributed by atoms with Crippen molar-refractivity contribution >= 4 is 29.2 Å². The maximum Gasteiger partial charge on any atom is 0.303 e. The maximum atomic E-state index is 13.8. The van der Waals surface area contributed by atoms with Gasteiger partial charge in [0.25, 0.3) is 11.8 Å². The van der Waals surface area contributed by atoms with E-state index in [0.29, 0.717) is 43.1 Å². The van der Waals surface area contributed by atoms with E-state index in [1.807, 2.05) is 18.2 Å². The van der Waals surface area contributed by atoms with E-state index in [0.717, 1.165) is 24.9 Å². The van der Waals surface area contributed by atoms with Gasteiger partial charge in [-0.15, -0.1) is 5.10 Å². The molecule has 0 spiro atoms. The molecule has 194 valence electrons. The molecule has 0 saturated carbocycles. The third kappa shape index (κ3) is 5.40. The summed E-state index contributed by atoms with van der Waals surface area (Å²) in [5, 5.41) is 7.77. The molecule has 1 aromatic carbocycles. The number of ether oxygens (including phenoxy) is 1. The van der Waals surface area contributed by atoms with E-state index >= 15 is 0 Å². The van der Waals surface area contributed by atoms with Gasteiger partial charge in [0.1, 0.15) is 11.6 Å². The van der Waals surface area contributed by atoms with Gasteiger partial charge in [-0.05, 0) is 55.5 Å². The van der Waals surface area contributed by atoms with Crippen LogP contribution in [-0.4, -0.2) is 69.6 Å². The maximum absolute atomic E-state index is 13.8. The summed E-state index contributed by atoms with van der Waals surface area (Å²) in [6.07, 6.45) is 4.54. The van der Waals surface area contributed by atoms with Crippen LogP contribution in [0.4, 0.5) is 10.2 Å². The molecule has 2 saturated heterocycles. The molecule has 3 aromatic rings. The first-order valence-electron chi connectivity index (χ1n) is 12.5. The highest BCUT2D eigenvalue weighted by Crippen LogP contribution is 2.35. The Labute approximate surface area is 213 Å². The van der Waals surface area contributed by atoms with Crippen molar-refractivity contribution in [2.75, 3.05) is 31.1 Å². The van der Waals surface area contributed by atoms with Gasteiger partial charge in [-0.2, -0.15) is 0 Å². The molecule has 1 N–H and O–H groups in total. The number of nitrogens with one attached hydrogen (secondary N) is 1. The molecular weight excluding hydrogens is 479 g/mol. The fourth-order valence-electron chi connectivity index (χ4n) is 5.06. The number of likely N-dealkylation sites (tertiary alicyclic amines) is 1. The largest absolute Gasteiger partial charge is 0.456 e. The zero-order chi connectivity index (χ0) is 25.9. The van der Waals surface area contributed by atoms with Crippen molar-refractivity contribution in [1.29, 1.82) is 0 Å². The molecular formula is C26H29FN6O4. The van der Waals surface area contributed by atoms with Gasteiger partial charge in [0.2, 0.25) is 0 Å². The fourth-order valence-corrected chi connectivity index (χ4v) is 5.06. The van der Waals surface area contributed by atoms with Crippen LogP contribution in [0.3, 0.4) is 0 Å². The van der Waals surface area contributed by atoms with E-state index in [1.165, 1.54) is 19.2 Å². The Morgan fingerprint density at radius 1 is 1.11 bits per heavy atom. The van der Waals surface area contributed by atoms with E-state index in [2.05, 4.69) is 15.2 Å². The molecule has 0 bridgehead atoms. The minimum Gasteiger partial charge on any atom is -0.456 e. The summed E-state index contributed by atoms with van der Waals surface area (Å²) in [5.74, 6) is -0.580. The first kappa shape index (κ1) is 24.7. The molecule has 2 aromatic heterocycles. The number of rotatable bonds is 6. The standard InChI is InChI=1S/C26H29FN6O4/c1-17(34)37-16-25(35)31-12-9-20(10-13-31)29-26(36)22-15-28-23-7-8-24(30-33(22)23)32-11-3-6-21(32)18-4-2-5-19(27)14-18/h2,4-5,7-8,14-15,20-21H,3,6,9-13,16H2,1H3,(H,29,36)/t21-/m1/s1. The minimum atomic E-state index is -0.491. The lowest BCUT2D eigenvalue weighted by Crippen LogP contribution is -2.47. The van der Waals surface area contributed by atoms with Crippen molar-refractivity contribution in [2.24, 2.45) is 0 Å². The van der Waals surface area contributed by atoms with Gasteiger partial charge < -0.3 is 19.9 Å². The summed E-state index contributed by atoms with van der Waals surface area (Å²) < 4.78 is 20.2. The van der Waals surface area contributed by atoms with Gasteiger partial charge in [-0.1, -0.05) is 12.1 Å². The van der Waals surface area contributed by atoms with Crippen LogP contribution in [0.1, 0.15) is 54.7 Å². The lowest BCUT2D eigenvalue weighted by molar-refractivity contribution is -0.150. The first-order valence-corrected chi connectivity index (χ1v) is 12.5. The predicted molar refractivity (Wildman–Crippen MR) is 132 cm³/mol. The summed E-state index contributed by atoms with van der Waals surface area (Å²) in [4.78, 5) is 44.3. The first-order chi connectivity index (χ1) is 17.9. The number of anilines is 1. The number of carbonyl (C=O) groups is 3. The molecule has 2 amide bonds. The average molecular weight is 509 g/mol. The van der Waals surface area contributed by atoms with Crippen molar-refractivity contribution in [3.05, 3.63) is 59.7 Å². The van der Waals surface area contributed by atoms with Crippen molar-refractivity contribution in [3.63, 3.8) is 0 Å². The monoisotopic (exact) mass is 508 g/mol. The Morgan fingerprint density at radius 2 is 1.92 bits per heavy atom. The molecule has 10 nitrogen and oxygen atoms in total. The summed E-state index contributed by atoms with van der Waals surface area (Å²) in [6.45, 7) is 2.72. The van der Waals surface area contributed by atoms with Gasteiger partial charge in [0, 0.05) is 32.6 Å². The van der Waals surface area contributed by atoms with Crippen LogP contribution >= 0.6 is 0 Å². The number of piperidine rings is 1. The molecule has 11 heteroatoms. The van der Waals surface area contributed by atoms with Crippen molar-refractivity contribution < 1.29 is 23.5 Å². The van der Waals surface area contributed by atoms with Crippen LogP contribution in [0.5, 0.6) is 0 Å². The second-order valence-electron chi connectivity index (χ2n) is 9.42. The van der Waals surface area contributed by atoms with Crippen LogP contribution in [0.25, 0.3) is 5.65 Å². The van der Waals surface area contributed by atoms with E-state index in [1.54, 1.807) is 21.5 Å². The van der Waals surface area contributed by atoms with Crippen molar-refractivity contribution in [3.8, 4) is 0 Å². The summed E-state index contributed by atoms with van der Waals surface area (Å²) in [7, 11) is 0. The fraction of sp³-hybridized carbons (Fsp3) is 0.423. The van der Waals surface area contributed by atoms with Gasteiger partial charge in [0.05, 0.1) is 12.2 Å². The average Bonchev–Trinajstić information content (AvgIpc) is 3.55. The number of imidazole rings is 1. The quantitative estimate of drug-likeness (QED) is 0.510. The Hall–Kier alpha value is -4.02. The van der Waals surface area contributed by atoms with Crippen LogP contribution in [0.2, 0.25) is 0 Å². The van der Waals surface area contributed by atoms with Crippen molar-refractivity contribution in [1.82, 2.24) is 24.8 Å². The Bertz CT molecular complexity index is 1320. The second-order valence-corrected chi connectivity index (χ2v) is 9.42. The van der Waals surface area contributed by atoms with Gasteiger partial charge in [-0.3, -0.25) is 14.4 Å². The molecule has 0 aliphatic carbocycles. The Balaban J connectivity index is 1.26. The van der Waals surface area contributed by atoms with E-state index in [4.69, 9.17) is 9.84 Å². The molecule has 5 rings (SSSR count). The minimum absolute atomic E-state index is 0.00943. The van der Waals surface area contributed by atoms with Gasteiger partial charge in [-0.25, -0.2) is 13.9 Å². The Morgan fingerprint density at radius 3 is 2.68 bits per heavy atom. The zero-order valence-electron chi connectivity index (χ0n) is 20.6. The normalized spacial score (nSPS) is 18.3. The molecule has 1 atom stereocenters.